The van der Waals surface area contributed by atoms with Crippen molar-refractivity contribution in [3.8, 4) is 0 Å². The molecule has 0 aliphatic carbocycles. The number of rotatable bonds is 4. The fourth-order valence-corrected chi connectivity index (χ4v) is 2.45. The van der Waals surface area contributed by atoms with Gasteiger partial charge in [-0.1, -0.05) is 23.8 Å². The van der Waals surface area contributed by atoms with Crippen LogP contribution in [0, 0.1) is 0 Å². The molecule has 0 saturated carbocycles. The van der Waals surface area contributed by atoms with Crippen molar-refractivity contribution in [2.75, 3.05) is 0 Å². The Morgan fingerprint density at radius 3 is 3.07 bits per heavy atom. The lowest BCUT2D eigenvalue weighted by Crippen LogP contribution is -2.25. The average Bonchev–Trinajstić information content (AvgIpc) is 2.27. The fraction of sp³-hybridized carbons (Fsp3) is 0.333. The van der Waals surface area contributed by atoms with E-state index in [0.717, 1.165) is 15.9 Å². The van der Waals surface area contributed by atoms with Crippen molar-refractivity contribution in [3.05, 3.63) is 22.8 Å². The molecule has 0 aliphatic rings. The van der Waals surface area contributed by atoms with Gasteiger partial charge in [-0.3, -0.25) is 0 Å². The molecule has 6 heteroatoms. The molecule has 0 fully saturated rings. The van der Waals surface area contributed by atoms with Gasteiger partial charge in [0.15, 0.2) is 5.84 Å². The molecule has 0 spiro atoms. The number of nitrogens with two attached hydrogens (primary N) is 1. The maximum atomic E-state index is 8.60. The van der Waals surface area contributed by atoms with Crippen LogP contribution in [0.3, 0.4) is 0 Å². The van der Waals surface area contributed by atoms with Crippen molar-refractivity contribution >= 4 is 33.5 Å². The summed E-state index contributed by atoms with van der Waals surface area (Å²) in [6.45, 7) is 1.98. The van der Waals surface area contributed by atoms with E-state index in [0.29, 0.717) is 0 Å². The molecule has 4 nitrogen and oxygen atoms in total. The van der Waals surface area contributed by atoms with Gasteiger partial charge in [0.05, 0.1) is 5.25 Å². The maximum absolute atomic E-state index is 8.60. The Labute approximate surface area is 101 Å². The van der Waals surface area contributed by atoms with E-state index >= 15 is 0 Å². The molecule has 0 aromatic carbocycles. The molecule has 3 N–H and O–H groups in total. The van der Waals surface area contributed by atoms with Gasteiger partial charge in [-0.25, -0.2) is 4.98 Å². The molecule has 0 amide bonds. The molecule has 1 atom stereocenters. The highest BCUT2D eigenvalue weighted by molar-refractivity contribution is 9.10. The molecule has 0 saturated heterocycles. The highest BCUT2D eigenvalue weighted by atomic mass is 79.9. The zero-order chi connectivity index (χ0) is 11.3. The first-order valence-corrected chi connectivity index (χ1v) is 6.10. The molecule has 0 bridgehead atoms. The van der Waals surface area contributed by atoms with Crippen molar-refractivity contribution in [3.63, 3.8) is 0 Å². The van der Waals surface area contributed by atoms with Crippen LogP contribution < -0.4 is 5.73 Å². The number of hydrogen-bond acceptors (Lipinski definition) is 4. The lowest BCUT2D eigenvalue weighted by Gasteiger charge is -2.12. The van der Waals surface area contributed by atoms with Gasteiger partial charge >= 0.3 is 0 Å². The SMILES string of the molecule is CCC(Sc1ncccc1Br)C(N)=NO. The van der Waals surface area contributed by atoms with E-state index in [9.17, 15) is 0 Å². The topological polar surface area (TPSA) is 71.5 Å². The van der Waals surface area contributed by atoms with Gasteiger partial charge in [0.25, 0.3) is 0 Å². The number of hydrogen-bond donors (Lipinski definition) is 2. The minimum atomic E-state index is -0.0544. The Morgan fingerprint density at radius 1 is 1.80 bits per heavy atom. The normalized spacial score (nSPS) is 13.9. The van der Waals surface area contributed by atoms with Crippen molar-refractivity contribution in [1.82, 2.24) is 4.98 Å². The quantitative estimate of drug-likeness (QED) is 0.294. The van der Waals surface area contributed by atoms with Crippen molar-refractivity contribution in [1.29, 1.82) is 0 Å². The molecule has 1 aromatic rings. The summed E-state index contributed by atoms with van der Waals surface area (Å²) in [7, 11) is 0. The van der Waals surface area contributed by atoms with E-state index in [2.05, 4.69) is 26.1 Å². The maximum Gasteiger partial charge on any atom is 0.152 e. The summed E-state index contributed by atoms with van der Waals surface area (Å²) >= 11 is 4.87. The van der Waals surface area contributed by atoms with Crippen molar-refractivity contribution in [2.45, 2.75) is 23.6 Å². The first-order chi connectivity index (χ1) is 7.19. The largest absolute Gasteiger partial charge is 0.409 e. The second-order valence-corrected chi connectivity index (χ2v) is 4.88. The van der Waals surface area contributed by atoms with Crippen LogP contribution >= 0.6 is 27.7 Å². The third kappa shape index (κ3) is 3.39. The summed E-state index contributed by atoms with van der Waals surface area (Å²) in [6, 6.07) is 3.76. The van der Waals surface area contributed by atoms with E-state index in [1.165, 1.54) is 11.8 Å². The summed E-state index contributed by atoms with van der Waals surface area (Å²) in [5, 5.41) is 12.4. The second kappa shape index (κ2) is 5.97. The van der Waals surface area contributed by atoms with Gasteiger partial charge in [-0.05, 0) is 34.5 Å². The molecule has 15 heavy (non-hydrogen) atoms. The molecule has 1 heterocycles. The summed E-state index contributed by atoms with van der Waals surface area (Å²) in [5.41, 5.74) is 5.56. The number of nitrogens with zero attached hydrogens (tertiary/aromatic N) is 2. The van der Waals surface area contributed by atoms with Crippen LogP contribution in [0.5, 0.6) is 0 Å². The molecular weight excluding hydrogens is 278 g/mol. The predicted octanol–water partition coefficient (Wildman–Crippen LogP) is 2.46. The Bertz CT molecular complexity index is 359. The van der Waals surface area contributed by atoms with Gasteiger partial charge in [-0.15, -0.1) is 0 Å². The van der Waals surface area contributed by atoms with E-state index < -0.39 is 0 Å². The van der Waals surface area contributed by atoms with Gasteiger partial charge in [0, 0.05) is 10.7 Å². The van der Waals surface area contributed by atoms with Crippen molar-refractivity contribution < 1.29 is 5.21 Å². The van der Waals surface area contributed by atoms with Crippen molar-refractivity contribution in [2.24, 2.45) is 10.9 Å². The second-order valence-electron chi connectivity index (χ2n) is 2.83. The van der Waals surface area contributed by atoms with Gasteiger partial charge < -0.3 is 10.9 Å². The van der Waals surface area contributed by atoms with Gasteiger partial charge in [-0.2, -0.15) is 0 Å². The smallest absolute Gasteiger partial charge is 0.152 e. The van der Waals surface area contributed by atoms with Crippen LogP contribution in [0.15, 0.2) is 33.0 Å². The number of aromatic nitrogens is 1. The summed E-state index contributed by atoms with van der Waals surface area (Å²) in [4.78, 5) is 4.21. The van der Waals surface area contributed by atoms with Gasteiger partial charge in [0.1, 0.15) is 5.03 Å². The zero-order valence-electron chi connectivity index (χ0n) is 8.22. The van der Waals surface area contributed by atoms with E-state index in [1.54, 1.807) is 6.20 Å². The third-order valence-electron chi connectivity index (χ3n) is 1.79. The van der Waals surface area contributed by atoms with E-state index in [1.807, 2.05) is 19.1 Å². The standard InChI is InChI=1S/C9H12BrN3OS/c1-2-7(8(11)13-14)15-9-6(10)4-3-5-12-9/h3-5,7,14H,2H2,1H3,(H2,11,13). The first kappa shape index (κ1) is 12.3. The Kier molecular flexibility index (Phi) is 4.90. The number of amidine groups is 1. The lowest BCUT2D eigenvalue weighted by molar-refractivity contribution is 0.317. The highest BCUT2D eigenvalue weighted by Crippen LogP contribution is 2.29. The number of thioether (sulfide) groups is 1. The minimum absolute atomic E-state index is 0.0544. The number of pyridine rings is 1. The summed E-state index contributed by atoms with van der Waals surface area (Å²) in [5.74, 6) is 0.222. The Balaban J connectivity index is 2.80. The van der Waals surface area contributed by atoms with Crippen LogP contribution in [-0.2, 0) is 0 Å². The molecule has 82 valence electrons. The fourth-order valence-electron chi connectivity index (χ4n) is 1.01. The van der Waals surface area contributed by atoms with Crippen LogP contribution in [0.25, 0.3) is 0 Å². The lowest BCUT2D eigenvalue weighted by atomic mass is 10.3. The molecule has 1 unspecified atom stereocenters. The average molecular weight is 290 g/mol. The number of halogens is 1. The number of oxime groups is 1. The van der Waals surface area contributed by atoms with E-state index in [-0.39, 0.29) is 11.1 Å². The highest BCUT2D eigenvalue weighted by Gasteiger charge is 2.15. The first-order valence-electron chi connectivity index (χ1n) is 4.43. The van der Waals surface area contributed by atoms with E-state index in [4.69, 9.17) is 10.9 Å². The monoisotopic (exact) mass is 289 g/mol. The van der Waals surface area contributed by atoms with Crippen LogP contribution in [0.1, 0.15) is 13.3 Å². The summed E-state index contributed by atoms with van der Waals surface area (Å²) < 4.78 is 0.916. The summed E-state index contributed by atoms with van der Waals surface area (Å²) in [6.07, 6.45) is 2.50. The van der Waals surface area contributed by atoms with Crippen LogP contribution in [0.4, 0.5) is 0 Å². The molecule has 0 radical (unpaired) electrons. The van der Waals surface area contributed by atoms with Crippen LogP contribution in [-0.4, -0.2) is 21.3 Å². The molecular formula is C9H12BrN3OS. The van der Waals surface area contributed by atoms with Gasteiger partial charge in [0.2, 0.25) is 0 Å². The molecule has 0 aliphatic heterocycles. The minimum Gasteiger partial charge on any atom is -0.409 e. The third-order valence-corrected chi connectivity index (χ3v) is 4.11. The predicted molar refractivity (Wildman–Crippen MR) is 65.3 cm³/mol. The Hall–Kier alpha value is -0.750. The molecule has 1 aromatic heterocycles. The zero-order valence-corrected chi connectivity index (χ0v) is 10.6. The van der Waals surface area contributed by atoms with Crippen LogP contribution in [0.2, 0.25) is 0 Å². The Morgan fingerprint density at radius 2 is 2.53 bits per heavy atom. The molecule has 1 rings (SSSR count).